The zero-order chi connectivity index (χ0) is 7.82. The molecular formula is C8H19NO. The van der Waals surface area contributed by atoms with Gasteiger partial charge in [0.1, 0.15) is 0 Å². The molecule has 2 heteroatoms. The van der Waals surface area contributed by atoms with Crippen molar-refractivity contribution in [3.63, 3.8) is 0 Å². The van der Waals surface area contributed by atoms with Gasteiger partial charge in [-0.25, -0.2) is 0 Å². The first-order chi connectivity index (χ1) is 4.85. The first-order valence-electron chi connectivity index (χ1n) is 4.15. The maximum absolute atomic E-state index is 5.26. The standard InChI is InChI=1S/C8H19NO/c1-4-7-9(5-2)8-10-6-3/h4-8H2,1-3H3. The van der Waals surface area contributed by atoms with Crippen LogP contribution in [0.5, 0.6) is 0 Å². The molecule has 0 aromatic carbocycles. The SMILES string of the molecule is CCCN(CC)COCC. The number of hydrogen-bond donors (Lipinski definition) is 0. The Balaban J connectivity index is 3.21. The second-order valence-electron chi connectivity index (χ2n) is 2.33. The second-order valence-corrected chi connectivity index (χ2v) is 2.33. The second kappa shape index (κ2) is 7.03. The lowest BCUT2D eigenvalue weighted by Crippen LogP contribution is -2.26. The summed E-state index contributed by atoms with van der Waals surface area (Å²) in [6.07, 6.45) is 1.21. The van der Waals surface area contributed by atoms with Gasteiger partial charge in [0.05, 0.1) is 6.73 Å². The van der Waals surface area contributed by atoms with Crippen molar-refractivity contribution in [2.45, 2.75) is 27.2 Å². The lowest BCUT2D eigenvalue weighted by atomic mass is 10.4. The third-order valence-electron chi connectivity index (χ3n) is 1.47. The minimum atomic E-state index is 0.792. The molecule has 0 rings (SSSR count). The molecule has 0 amide bonds. The maximum Gasteiger partial charge on any atom is 0.0989 e. The van der Waals surface area contributed by atoms with Crippen LogP contribution in [-0.2, 0) is 4.74 Å². The number of ether oxygens (including phenoxy) is 1. The summed E-state index contributed by atoms with van der Waals surface area (Å²) in [5.41, 5.74) is 0. The highest BCUT2D eigenvalue weighted by molar-refractivity contribution is 4.46. The van der Waals surface area contributed by atoms with E-state index in [-0.39, 0.29) is 0 Å². The van der Waals surface area contributed by atoms with E-state index in [0.29, 0.717) is 0 Å². The molecule has 0 atom stereocenters. The highest BCUT2D eigenvalue weighted by Gasteiger charge is 1.97. The van der Waals surface area contributed by atoms with Crippen LogP contribution in [0.15, 0.2) is 0 Å². The summed E-state index contributed by atoms with van der Waals surface area (Å²) in [6.45, 7) is 10.2. The predicted octanol–water partition coefficient (Wildman–Crippen LogP) is 1.71. The van der Waals surface area contributed by atoms with E-state index >= 15 is 0 Å². The van der Waals surface area contributed by atoms with Gasteiger partial charge in [-0.2, -0.15) is 0 Å². The maximum atomic E-state index is 5.26. The van der Waals surface area contributed by atoms with Crippen molar-refractivity contribution >= 4 is 0 Å². The van der Waals surface area contributed by atoms with Gasteiger partial charge < -0.3 is 4.74 Å². The van der Waals surface area contributed by atoms with Crippen LogP contribution in [0, 0.1) is 0 Å². The van der Waals surface area contributed by atoms with E-state index in [9.17, 15) is 0 Å². The molecule has 0 aromatic heterocycles. The molecule has 0 saturated heterocycles. The first-order valence-corrected chi connectivity index (χ1v) is 4.15. The molecule has 0 N–H and O–H groups in total. The van der Waals surface area contributed by atoms with Crippen molar-refractivity contribution in [3.8, 4) is 0 Å². The Hall–Kier alpha value is -0.0800. The highest BCUT2D eigenvalue weighted by Crippen LogP contribution is 1.90. The zero-order valence-corrected chi connectivity index (χ0v) is 7.39. The molecule has 0 aliphatic carbocycles. The number of hydrogen-bond acceptors (Lipinski definition) is 2. The average Bonchev–Trinajstić information content (AvgIpc) is 1.98. The Labute approximate surface area is 64.2 Å². The normalized spacial score (nSPS) is 10.8. The molecule has 0 aromatic rings. The van der Waals surface area contributed by atoms with Gasteiger partial charge in [0.2, 0.25) is 0 Å². The third-order valence-corrected chi connectivity index (χ3v) is 1.47. The van der Waals surface area contributed by atoms with Crippen LogP contribution in [0.1, 0.15) is 27.2 Å². The third kappa shape index (κ3) is 4.77. The Morgan fingerprint density at radius 1 is 1.20 bits per heavy atom. The Morgan fingerprint density at radius 2 is 1.90 bits per heavy atom. The molecule has 0 aliphatic rings. The molecular weight excluding hydrogens is 126 g/mol. The van der Waals surface area contributed by atoms with Crippen LogP contribution in [-0.4, -0.2) is 31.3 Å². The van der Waals surface area contributed by atoms with Crippen molar-refractivity contribution in [1.82, 2.24) is 4.90 Å². The summed E-state index contributed by atoms with van der Waals surface area (Å²) in [6, 6.07) is 0. The summed E-state index contributed by atoms with van der Waals surface area (Å²) < 4.78 is 5.26. The van der Waals surface area contributed by atoms with Crippen LogP contribution in [0.3, 0.4) is 0 Å². The van der Waals surface area contributed by atoms with E-state index in [2.05, 4.69) is 18.7 Å². The van der Waals surface area contributed by atoms with Crippen molar-refractivity contribution in [1.29, 1.82) is 0 Å². The van der Waals surface area contributed by atoms with E-state index in [0.717, 1.165) is 26.4 Å². The van der Waals surface area contributed by atoms with Crippen LogP contribution >= 0.6 is 0 Å². The minimum Gasteiger partial charge on any atom is -0.366 e. The van der Waals surface area contributed by atoms with Crippen molar-refractivity contribution in [2.75, 3.05) is 26.4 Å². The molecule has 0 saturated carbocycles. The Bertz CT molecular complexity index is 66.3. The van der Waals surface area contributed by atoms with Gasteiger partial charge in [0.15, 0.2) is 0 Å². The van der Waals surface area contributed by atoms with Crippen LogP contribution in [0.25, 0.3) is 0 Å². The minimum absolute atomic E-state index is 0.792. The van der Waals surface area contributed by atoms with Gasteiger partial charge in [0, 0.05) is 13.2 Å². The molecule has 62 valence electrons. The summed E-state index contributed by atoms with van der Waals surface area (Å²) in [5.74, 6) is 0. The van der Waals surface area contributed by atoms with Crippen LogP contribution in [0.4, 0.5) is 0 Å². The zero-order valence-electron chi connectivity index (χ0n) is 7.39. The largest absolute Gasteiger partial charge is 0.366 e. The lowest BCUT2D eigenvalue weighted by molar-refractivity contribution is 0.0386. The van der Waals surface area contributed by atoms with Gasteiger partial charge in [-0.3, -0.25) is 4.90 Å². The van der Waals surface area contributed by atoms with E-state index < -0.39 is 0 Å². The summed E-state index contributed by atoms with van der Waals surface area (Å²) in [5, 5.41) is 0. The monoisotopic (exact) mass is 145 g/mol. The average molecular weight is 145 g/mol. The molecule has 0 fully saturated rings. The van der Waals surface area contributed by atoms with Crippen molar-refractivity contribution < 1.29 is 4.74 Å². The molecule has 0 unspecified atom stereocenters. The number of nitrogens with zero attached hydrogens (tertiary/aromatic N) is 1. The molecule has 2 nitrogen and oxygen atoms in total. The summed E-state index contributed by atoms with van der Waals surface area (Å²) in [7, 11) is 0. The van der Waals surface area contributed by atoms with Crippen molar-refractivity contribution in [3.05, 3.63) is 0 Å². The van der Waals surface area contributed by atoms with E-state index in [4.69, 9.17) is 4.74 Å². The molecule has 0 spiro atoms. The lowest BCUT2D eigenvalue weighted by Gasteiger charge is -2.18. The first kappa shape index (κ1) is 9.92. The molecule has 10 heavy (non-hydrogen) atoms. The van der Waals surface area contributed by atoms with Crippen molar-refractivity contribution in [2.24, 2.45) is 0 Å². The predicted molar refractivity (Wildman–Crippen MR) is 44.0 cm³/mol. The summed E-state index contributed by atoms with van der Waals surface area (Å²) >= 11 is 0. The fourth-order valence-electron chi connectivity index (χ4n) is 0.851. The molecule has 0 heterocycles. The molecule has 0 bridgehead atoms. The molecule has 0 radical (unpaired) electrons. The Kier molecular flexibility index (Phi) is 6.98. The topological polar surface area (TPSA) is 12.5 Å². The Morgan fingerprint density at radius 3 is 2.30 bits per heavy atom. The van der Waals surface area contributed by atoms with Crippen LogP contribution in [0.2, 0.25) is 0 Å². The van der Waals surface area contributed by atoms with Gasteiger partial charge in [-0.1, -0.05) is 13.8 Å². The van der Waals surface area contributed by atoms with Gasteiger partial charge >= 0.3 is 0 Å². The smallest absolute Gasteiger partial charge is 0.0989 e. The fraction of sp³-hybridized carbons (Fsp3) is 1.00. The van der Waals surface area contributed by atoms with E-state index in [1.807, 2.05) is 6.92 Å². The van der Waals surface area contributed by atoms with E-state index in [1.165, 1.54) is 6.42 Å². The van der Waals surface area contributed by atoms with Crippen LogP contribution < -0.4 is 0 Å². The fourth-order valence-corrected chi connectivity index (χ4v) is 0.851. The van der Waals surface area contributed by atoms with Gasteiger partial charge in [-0.15, -0.1) is 0 Å². The highest BCUT2D eigenvalue weighted by atomic mass is 16.5. The van der Waals surface area contributed by atoms with Gasteiger partial charge in [-0.05, 0) is 19.9 Å². The quantitative estimate of drug-likeness (QED) is 0.528. The number of rotatable bonds is 6. The molecule has 0 aliphatic heterocycles. The summed E-state index contributed by atoms with van der Waals surface area (Å²) in [4.78, 5) is 2.30. The van der Waals surface area contributed by atoms with E-state index in [1.54, 1.807) is 0 Å². The van der Waals surface area contributed by atoms with Gasteiger partial charge in [0.25, 0.3) is 0 Å².